The molecule has 3 rings (SSSR count). The quantitative estimate of drug-likeness (QED) is 0.887. The highest BCUT2D eigenvalue weighted by molar-refractivity contribution is 9.10. The Morgan fingerprint density at radius 3 is 2.76 bits per heavy atom. The van der Waals surface area contributed by atoms with Crippen molar-refractivity contribution in [2.75, 3.05) is 5.32 Å². The summed E-state index contributed by atoms with van der Waals surface area (Å²) in [4.78, 5) is 19.7. The van der Waals surface area contributed by atoms with Crippen molar-refractivity contribution < 1.29 is 9.90 Å². The molecule has 0 aromatic carbocycles. The van der Waals surface area contributed by atoms with Crippen LogP contribution in [0, 0.1) is 5.92 Å². The predicted octanol–water partition coefficient (Wildman–Crippen LogP) is 3.45. The van der Waals surface area contributed by atoms with Gasteiger partial charge in [0.05, 0.1) is 17.1 Å². The molecule has 6 heteroatoms. The second kappa shape index (κ2) is 5.97. The summed E-state index contributed by atoms with van der Waals surface area (Å²) in [6.45, 7) is 0. The number of hydrogen-bond acceptors (Lipinski definition) is 4. The Balaban J connectivity index is 1.75. The lowest BCUT2D eigenvalue weighted by Gasteiger charge is -2.27. The van der Waals surface area contributed by atoms with E-state index in [-0.39, 0.29) is 5.92 Å². The first-order chi connectivity index (χ1) is 10.1. The molecule has 0 unspecified atom stereocenters. The second-order valence-corrected chi connectivity index (χ2v) is 6.33. The van der Waals surface area contributed by atoms with E-state index in [2.05, 4.69) is 31.2 Å². The van der Waals surface area contributed by atoms with Crippen LogP contribution < -0.4 is 5.32 Å². The maximum atomic E-state index is 11.0. The SMILES string of the molecule is O=C(O)C1CCC(Nc2ccnc3cc(Br)cnc23)CC1. The zero-order valence-corrected chi connectivity index (χ0v) is 13.0. The normalized spacial score (nSPS) is 22.1. The third-order valence-corrected chi connectivity index (χ3v) is 4.41. The molecular weight excluding hydrogens is 334 g/mol. The van der Waals surface area contributed by atoms with E-state index in [4.69, 9.17) is 5.11 Å². The van der Waals surface area contributed by atoms with Crippen molar-refractivity contribution in [1.82, 2.24) is 9.97 Å². The average molecular weight is 350 g/mol. The Kier molecular flexibility index (Phi) is 4.05. The number of pyridine rings is 2. The lowest BCUT2D eigenvalue weighted by atomic mass is 9.86. The third kappa shape index (κ3) is 3.15. The van der Waals surface area contributed by atoms with Crippen molar-refractivity contribution in [3.63, 3.8) is 0 Å². The first-order valence-electron chi connectivity index (χ1n) is 7.03. The van der Waals surface area contributed by atoms with Crippen molar-refractivity contribution in [3.05, 3.63) is 29.0 Å². The summed E-state index contributed by atoms with van der Waals surface area (Å²) < 4.78 is 0.904. The van der Waals surface area contributed by atoms with Crippen LogP contribution in [0.2, 0.25) is 0 Å². The van der Waals surface area contributed by atoms with Gasteiger partial charge in [0.2, 0.25) is 0 Å². The fourth-order valence-electron chi connectivity index (χ4n) is 2.83. The molecule has 2 N–H and O–H groups in total. The molecule has 1 aliphatic rings. The van der Waals surface area contributed by atoms with Crippen LogP contribution in [0.4, 0.5) is 5.69 Å². The average Bonchev–Trinajstić information content (AvgIpc) is 2.47. The number of halogens is 1. The molecule has 0 radical (unpaired) electrons. The number of aromatic nitrogens is 2. The van der Waals surface area contributed by atoms with Crippen molar-refractivity contribution in [2.45, 2.75) is 31.7 Å². The Hall–Kier alpha value is -1.69. The van der Waals surface area contributed by atoms with Crippen LogP contribution in [0.15, 0.2) is 29.0 Å². The van der Waals surface area contributed by atoms with Gasteiger partial charge in [-0.3, -0.25) is 14.8 Å². The molecule has 0 aliphatic heterocycles. The predicted molar refractivity (Wildman–Crippen MR) is 84.2 cm³/mol. The van der Waals surface area contributed by atoms with E-state index in [0.717, 1.165) is 46.9 Å². The van der Waals surface area contributed by atoms with Crippen molar-refractivity contribution >= 4 is 38.6 Å². The standard InChI is InChI=1S/C15H16BrN3O2/c16-10-7-13-14(18-8-10)12(5-6-17-13)19-11-3-1-9(2-4-11)15(20)21/h5-9,11H,1-4H2,(H,17,19)(H,20,21). The first-order valence-corrected chi connectivity index (χ1v) is 7.82. The molecule has 0 atom stereocenters. The van der Waals surface area contributed by atoms with Gasteiger partial charge in [0, 0.05) is 22.9 Å². The van der Waals surface area contributed by atoms with Gasteiger partial charge in [0.25, 0.3) is 0 Å². The number of carboxylic acid groups (broad SMARTS) is 1. The van der Waals surface area contributed by atoms with E-state index in [9.17, 15) is 4.79 Å². The number of carboxylic acids is 1. The van der Waals surface area contributed by atoms with Crippen LogP contribution in [0.3, 0.4) is 0 Å². The smallest absolute Gasteiger partial charge is 0.306 e. The van der Waals surface area contributed by atoms with Crippen LogP contribution in [-0.4, -0.2) is 27.1 Å². The molecule has 0 saturated heterocycles. The van der Waals surface area contributed by atoms with Gasteiger partial charge in [-0.15, -0.1) is 0 Å². The molecule has 2 aromatic rings. The number of carbonyl (C=O) groups is 1. The molecule has 0 amide bonds. The molecule has 21 heavy (non-hydrogen) atoms. The second-order valence-electron chi connectivity index (χ2n) is 5.41. The lowest BCUT2D eigenvalue weighted by Crippen LogP contribution is -2.29. The topological polar surface area (TPSA) is 75.1 Å². The lowest BCUT2D eigenvalue weighted by molar-refractivity contribution is -0.142. The minimum absolute atomic E-state index is 0.189. The summed E-state index contributed by atoms with van der Waals surface area (Å²) in [7, 11) is 0. The van der Waals surface area contributed by atoms with E-state index in [1.807, 2.05) is 12.1 Å². The number of anilines is 1. The van der Waals surface area contributed by atoms with E-state index in [1.165, 1.54) is 0 Å². The minimum atomic E-state index is -0.672. The molecule has 5 nitrogen and oxygen atoms in total. The van der Waals surface area contributed by atoms with Crippen molar-refractivity contribution in [2.24, 2.45) is 5.92 Å². The third-order valence-electron chi connectivity index (χ3n) is 3.98. The monoisotopic (exact) mass is 349 g/mol. The first kappa shape index (κ1) is 14.3. The van der Waals surface area contributed by atoms with Crippen molar-refractivity contribution in [3.8, 4) is 0 Å². The van der Waals surface area contributed by atoms with Gasteiger partial charge in [0.15, 0.2) is 0 Å². The molecule has 1 aliphatic carbocycles. The van der Waals surface area contributed by atoms with Crippen LogP contribution in [0.5, 0.6) is 0 Å². The Labute approximate surface area is 130 Å². The van der Waals surface area contributed by atoms with Crippen LogP contribution in [0.1, 0.15) is 25.7 Å². The molecule has 0 spiro atoms. The Morgan fingerprint density at radius 1 is 1.29 bits per heavy atom. The highest BCUT2D eigenvalue weighted by atomic mass is 79.9. The summed E-state index contributed by atoms with van der Waals surface area (Å²) in [6.07, 6.45) is 6.73. The Morgan fingerprint density at radius 2 is 2.05 bits per heavy atom. The van der Waals surface area contributed by atoms with Gasteiger partial charge < -0.3 is 10.4 Å². The van der Waals surface area contributed by atoms with E-state index in [0.29, 0.717) is 6.04 Å². The van der Waals surface area contributed by atoms with E-state index in [1.54, 1.807) is 12.4 Å². The minimum Gasteiger partial charge on any atom is -0.481 e. The molecule has 1 fully saturated rings. The fourth-order valence-corrected chi connectivity index (χ4v) is 3.15. The number of hydrogen-bond donors (Lipinski definition) is 2. The fraction of sp³-hybridized carbons (Fsp3) is 0.400. The molecular formula is C15H16BrN3O2. The highest BCUT2D eigenvalue weighted by Gasteiger charge is 2.26. The molecule has 2 aromatic heterocycles. The van der Waals surface area contributed by atoms with Crippen LogP contribution >= 0.6 is 15.9 Å². The zero-order valence-electron chi connectivity index (χ0n) is 11.4. The maximum Gasteiger partial charge on any atom is 0.306 e. The summed E-state index contributed by atoms with van der Waals surface area (Å²) in [5, 5.41) is 12.5. The van der Waals surface area contributed by atoms with Gasteiger partial charge >= 0.3 is 5.97 Å². The number of nitrogens with one attached hydrogen (secondary N) is 1. The molecule has 0 bridgehead atoms. The van der Waals surface area contributed by atoms with Gasteiger partial charge in [-0.05, 0) is 53.7 Å². The van der Waals surface area contributed by atoms with Gasteiger partial charge in [-0.25, -0.2) is 0 Å². The van der Waals surface area contributed by atoms with E-state index < -0.39 is 5.97 Å². The molecule has 110 valence electrons. The van der Waals surface area contributed by atoms with Gasteiger partial charge in [-0.1, -0.05) is 0 Å². The van der Waals surface area contributed by atoms with Gasteiger partial charge in [-0.2, -0.15) is 0 Å². The maximum absolute atomic E-state index is 11.0. The highest BCUT2D eigenvalue weighted by Crippen LogP contribution is 2.29. The molecule has 1 saturated carbocycles. The Bertz CT molecular complexity index is 669. The molecule has 2 heterocycles. The summed E-state index contributed by atoms with van der Waals surface area (Å²) >= 11 is 3.40. The number of aliphatic carboxylic acids is 1. The van der Waals surface area contributed by atoms with E-state index >= 15 is 0 Å². The number of fused-ring (bicyclic) bond motifs is 1. The van der Waals surface area contributed by atoms with Crippen LogP contribution in [-0.2, 0) is 4.79 Å². The number of nitrogens with zero attached hydrogens (tertiary/aromatic N) is 2. The zero-order chi connectivity index (χ0) is 14.8. The van der Waals surface area contributed by atoms with Gasteiger partial charge in [0.1, 0.15) is 5.52 Å². The largest absolute Gasteiger partial charge is 0.481 e. The summed E-state index contributed by atoms with van der Waals surface area (Å²) in [5.41, 5.74) is 2.65. The number of rotatable bonds is 3. The summed E-state index contributed by atoms with van der Waals surface area (Å²) in [5.74, 6) is -0.861. The van der Waals surface area contributed by atoms with Crippen LogP contribution in [0.25, 0.3) is 11.0 Å². The van der Waals surface area contributed by atoms with Crippen molar-refractivity contribution in [1.29, 1.82) is 0 Å². The summed E-state index contributed by atoms with van der Waals surface area (Å²) in [6, 6.07) is 4.16.